The van der Waals surface area contributed by atoms with Crippen molar-refractivity contribution in [1.29, 1.82) is 0 Å². The molecule has 2 heterocycles. The number of halogens is 1. The van der Waals surface area contributed by atoms with Crippen molar-refractivity contribution >= 4 is 28.9 Å². The van der Waals surface area contributed by atoms with Gasteiger partial charge in [-0.25, -0.2) is 4.98 Å². The second-order valence-corrected chi connectivity index (χ2v) is 5.93. The van der Waals surface area contributed by atoms with Gasteiger partial charge < -0.3 is 5.73 Å². The van der Waals surface area contributed by atoms with Gasteiger partial charge in [0, 0.05) is 30.2 Å². The molecule has 1 fully saturated rings. The number of likely N-dealkylation sites (tertiary alicyclic amines) is 1. The van der Waals surface area contributed by atoms with Crippen molar-refractivity contribution in [2.24, 2.45) is 0 Å². The fourth-order valence-electron chi connectivity index (χ4n) is 2.60. The van der Waals surface area contributed by atoms with Crippen molar-refractivity contribution in [2.75, 3.05) is 32.4 Å². The monoisotopic (exact) mass is 290 g/mol. The van der Waals surface area contributed by atoms with Gasteiger partial charge in [-0.3, -0.25) is 9.80 Å². The minimum Gasteiger partial charge on any atom is -0.375 e. The molecule has 0 bridgehead atoms. The number of anilines is 1. The smallest absolute Gasteiger partial charge is 0.180 e. The van der Waals surface area contributed by atoms with E-state index in [2.05, 4.69) is 28.8 Å². The Hall–Kier alpha value is -0.360. The zero-order chi connectivity index (χ0) is 12.3. The molecule has 1 atom stereocenters. The van der Waals surface area contributed by atoms with E-state index in [9.17, 15) is 0 Å². The van der Waals surface area contributed by atoms with E-state index in [1.54, 1.807) is 11.3 Å². The first kappa shape index (κ1) is 15.7. The second kappa shape index (κ2) is 7.28. The lowest BCUT2D eigenvalue weighted by molar-refractivity contribution is 0.195. The minimum atomic E-state index is 0. The van der Waals surface area contributed by atoms with Gasteiger partial charge in [0.25, 0.3) is 0 Å². The summed E-state index contributed by atoms with van der Waals surface area (Å²) in [6.07, 6.45) is 4.57. The Kier molecular flexibility index (Phi) is 6.35. The van der Waals surface area contributed by atoms with E-state index >= 15 is 0 Å². The van der Waals surface area contributed by atoms with Crippen molar-refractivity contribution in [1.82, 2.24) is 14.8 Å². The zero-order valence-electron chi connectivity index (χ0n) is 11.1. The summed E-state index contributed by atoms with van der Waals surface area (Å²) < 4.78 is 0. The van der Waals surface area contributed by atoms with Crippen LogP contribution in [0.4, 0.5) is 5.13 Å². The standard InChI is InChI=1S/C12H22N4S.ClH/c1-3-16-6-4-5-10(16)8-15(2)9-11-7-14-12(13)17-11;/h7,10H,3-6,8-9H2,1-2H3,(H2,13,14);1H. The maximum Gasteiger partial charge on any atom is 0.180 e. The van der Waals surface area contributed by atoms with E-state index in [1.807, 2.05) is 6.20 Å². The van der Waals surface area contributed by atoms with Crippen LogP contribution in [0, 0.1) is 0 Å². The van der Waals surface area contributed by atoms with Crippen molar-refractivity contribution in [3.8, 4) is 0 Å². The van der Waals surface area contributed by atoms with Gasteiger partial charge in [-0.05, 0) is 33.0 Å². The van der Waals surface area contributed by atoms with Gasteiger partial charge in [0.2, 0.25) is 0 Å². The third-order valence-electron chi connectivity index (χ3n) is 3.42. The molecule has 1 aromatic heterocycles. The van der Waals surface area contributed by atoms with E-state index < -0.39 is 0 Å². The molecule has 0 radical (unpaired) electrons. The van der Waals surface area contributed by atoms with Crippen molar-refractivity contribution < 1.29 is 0 Å². The number of hydrogen-bond donors (Lipinski definition) is 1. The van der Waals surface area contributed by atoms with Crippen LogP contribution in [0.25, 0.3) is 0 Å². The fraction of sp³-hybridized carbons (Fsp3) is 0.750. The largest absolute Gasteiger partial charge is 0.375 e. The normalized spacial score (nSPS) is 20.3. The SMILES string of the molecule is CCN1CCCC1CN(C)Cc1cnc(N)s1.Cl. The molecule has 104 valence electrons. The Morgan fingerprint density at radius 2 is 2.39 bits per heavy atom. The number of nitrogens with zero attached hydrogens (tertiary/aromatic N) is 3. The topological polar surface area (TPSA) is 45.4 Å². The summed E-state index contributed by atoms with van der Waals surface area (Å²) in [5.74, 6) is 0. The van der Waals surface area contributed by atoms with Crippen LogP contribution in [0.2, 0.25) is 0 Å². The number of hydrogen-bond acceptors (Lipinski definition) is 5. The molecule has 0 saturated carbocycles. The number of rotatable bonds is 5. The van der Waals surface area contributed by atoms with Gasteiger partial charge in [0.15, 0.2) is 5.13 Å². The molecule has 1 unspecified atom stereocenters. The Balaban J connectivity index is 0.00000162. The number of thiazole rings is 1. The lowest BCUT2D eigenvalue weighted by atomic mass is 10.2. The molecule has 2 N–H and O–H groups in total. The summed E-state index contributed by atoms with van der Waals surface area (Å²) in [5.41, 5.74) is 5.64. The highest BCUT2D eigenvalue weighted by Gasteiger charge is 2.23. The molecule has 18 heavy (non-hydrogen) atoms. The van der Waals surface area contributed by atoms with Gasteiger partial charge in [-0.1, -0.05) is 6.92 Å². The molecular formula is C12H23ClN4S. The second-order valence-electron chi connectivity index (χ2n) is 4.79. The predicted molar refractivity (Wildman–Crippen MR) is 80.4 cm³/mol. The Labute approximate surface area is 120 Å². The number of aromatic nitrogens is 1. The van der Waals surface area contributed by atoms with E-state index in [-0.39, 0.29) is 12.4 Å². The molecule has 1 saturated heterocycles. The first-order valence-electron chi connectivity index (χ1n) is 6.31. The van der Waals surface area contributed by atoms with E-state index in [0.717, 1.165) is 19.1 Å². The molecule has 0 aliphatic carbocycles. The van der Waals surface area contributed by atoms with Gasteiger partial charge in [0.1, 0.15) is 0 Å². The van der Waals surface area contributed by atoms with Crippen LogP contribution in [0.1, 0.15) is 24.6 Å². The third kappa shape index (κ3) is 4.09. The summed E-state index contributed by atoms with van der Waals surface area (Å²) in [6.45, 7) is 6.80. The summed E-state index contributed by atoms with van der Waals surface area (Å²) in [6, 6.07) is 0.732. The zero-order valence-corrected chi connectivity index (χ0v) is 12.8. The van der Waals surface area contributed by atoms with Gasteiger partial charge in [-0.15, -0.1) is 23.7 Å². The molecule has 4 nitrogen and oxygen atoms in total. The molecule has 1 aliphatic heterocycles. The summed E-state index contributed by atoms with van der Waals surface area (Å²) in [4.78, 5) is 10.3. The highest BCUT2D eigenvalue weighted by atomic mass is 35.5. The molecule has 0 aromatic carbocycles. The molecular weight excluding hydrogens is 268 g/mol. The van der Waals surface area contributed by atoms with E-state index in [0.29, 0.717) is 5.13 Å². The average molecular weight is 291 g/mol. The fourth-order valence-corrected chi connectivity index (χ4v) is 3.37. The summed E-state index contributed by atoms with van der Waals surface area (Å²) >= 11 is 1.59. The average Bonchev–Trinajstić information content (AvgIpc) is 2.87. The highest BCUT2D eigenvalue weighted by molar-refractivity contribution is 7.15. The van der Waals surface area contributed by atoms with Crippen molar-refractivity contribution in [3.05, 3.63) is 11.1 Å². The minimum absolute atomic E-state index is 0. The number of likely N-dealkylation sites (N-methyl/N-ethyl adjacent to an activating group) is 2. The van der Waals surface area contributed by atoms with Crippen LogP contribution in [0.3, 0.4) is 0 Å². The Morgan fingerprint density at radius 3 is 3.00 bits per heavy atom. The van der Waals surface area contributed by atoms with Crippen LogP contribution in [-0.2, 0) is 6.54 Å². The molecule has 1 aliphatic rings. The number of nitrogens with two attached hydrogens (primary N) is 1. The number of nitrogen functional groups attached to an aromatic ring is 1. The Bertz CT molecular complexity index is 358. The first-order chi connectivity index (χ1) is 8.19. The first-order valence-corrected chi connectivity index (χ1v) is 7.13. The molecule has 2 rings (SSSR count). The van der Waals surface area contributed by atoms with E-state index in [4.69, 9.17) is 5.73 Å². The van der Waals surface area contributed by atoms with Crippen LogP contribution in [0.5, 0.6) is 0 Å². The maximum absolute atomic E-state index is 5.64. The third-order valence-corrected chi connectivity index (χ3v) is 4.24. The van der Waals surface area contributed by atoms with Crippen LogP contribution in [-0.4, -0.2) is 47.5 Å². The molecule has 6 heteroatoms. The predicted octanol–water partition coefficient (Wildman–Crippen LogP) is 2.06. The van der Waals surface area contributed by atoms with Crippen LogP contribution < -0.4 is 5.73 Å². The summed E-state index contributed by atoms with van der Waals surface area (Å²) in [7, 11) is 2.18. The maximum atomic E-state index is 5.64. The van der Waals surface area contributed by atoms with E-state index in [1.165, 1.54) is 30.8 Å². The molecule has 0 amide bonds. The van der Waals surface area contributed by atoms with Gasteiger partial charge in [-0.2, -0.15) is 0 Å². The molecule has 0 spiro atoms. The Morgan fingerprint density at radius 1 is 1.61 bits per heavy atom. The van der Waals surface area contributed by atoms with Crippen molar-refractivity contribution in [3.63, 3.8) is 0 Å². The van der Waals surface area contributed by atoms with Gasteiger partial charge >= 0.3 is 0 Å². The quantitative estimate of drug-likeness (QED) is 0.902. The van der Waals surface area contributed by atoms with Gasteiger partial charge in [0.05, 0.1) is 0 Å². The lowest BCUT2D eigenvalue weighted by Gasteiger charge is -2.27. The highest BCUT2D eigenvalue weighted by Crippen LogP contribution is 2.20. The lowest BCUT2D eigenvalue weighted by Crippen LogP contribution is -2.38. The summed E-state index contributed by atoms with van der Waals surface area (Å²) in [5, 5.41) is 0.671. The van der Waals surface area contributed by atoms with Crippen LogP contribution in [0.15, 0.2) is 6.20 Å². The molecule has 1 aromatic rings. The van der Waals surface area contributed by atoms with Crippen LogP contribution >= 0.6 is 23.7 Å². The van der Waals surface area contributed by atoms with Crippen molar-refractivity contribution in [2.45, 2.75) is 32.4 Å².